The van der Waals surface area contributed by atoms with Gasteiger partial charge in [0, 0.05) is 22.3 Å². The smallest absolute Gasteiger partial charge is 0.270 e. The molecule has 0 aliphatic heterocycles. The van der Waals surface area contributed by atoms with Crippen LogP contribution in [0.2, 0.25) is 0 Å². The molecule has 2 aromatic rings. The van der Waals surface area contributed by atoms with E-state index in [0.717, 1.165) is 44.2 Å². The number of carbonyl (C=O) groups is 2. The molecule has 2 aliphatic rings. The van der Waals surface area contributed by atoms with E-state index in [2.05, 4.69) is 15.6 Å². The van der Waals surface area contributed by atoms with E-state index in [1.807, 2.05) is 49.4 Å². The third kappa shape index (κ3) is 3.59. The lowest BCUT2D eigenvalue weighted by atomic mass is 9.78. The molecule has 0 spiro atoms. The van der Waals surface area contributed by atoms with Crippen molar-refractivity contribution in [2.75, 3.05) is 0 Å². The van der Waals surface area contributed by atoms with Crippen molar-refractivity contribution in [2.45, 2.75) is 56.5 Å². The first kappa shape index (κ1) is 17.7. The predicted molar refractivity (Wildman–Crippen MR) is 104 cm³/mol. The highest BCUT2D eigenvalue weighted by molar-refractivity contribution is 5.95. The molecule has 140 valence electrons. The van der Waals surface area contributed by atoms with E-state index < -0.39 is 0 Å². The Labute approximate surface area is 159 Å². The van der Waals surface area contributed by atoms with Gasteiger partial charge in [-0.1, -0.05) is 24.3 Å². The molecule has 0 radical (unpaired) electrons. The van der Waals surface area contributed by atoms with Gasteiger partial charge in [-0.3, -0.25) is 9.59 Å². The Hall–Kier alpha value is -2.69. The molecule has 1 aromatic carbocycles. The van der Waals surface area contributed by atoms with Crippen LogP contribution in [0.25, 0.3) is 0 Å². The normalized spacial score (nSPS) is 26.4. The number of aromatic nitrogens is 1. The summed E-state index contributed by atoms with van der Waals surface area (Å²) < 4.78 is 0. The molecule has 2 amide bonds. The molecule has 2 aliphatic carbocycles. The first-order chi connectivity index (χ1) is 13.0. The van der Waals surface area contributed by atoms with E-state index in [1.54, 1.807) is 6.07 Å². The number of nitrogens with zero attached hydrogens (tertiary/aromatic N) is 1. The van der Waals surface area contributed by atoms with E-state index >= 15 is 0 Å². The molecule has 5 nitrogen and oxygen atoms in total. The van der Waals surface area contributed by atoms with Gasteiger partial charge in [-0.05, 0) is 69.7 Å². The average Bonchev–Trinajstić information content (AvgIpc) is 2.92. The molecule has 2 fully saturated rings. The number of carbonyl (C=O) groups excluding carboxylic acids is 2. The Morgan fingerprint density at radius 3 is 2.19 bits per heavy atom. The van der Waals surface area contributed by atoms with Crippen LogP contribution in [0.1, 0.15) is 65.1 Å². The monoisotopic (exact) mass is 363 g/mol. The summed E-state index contributed by atoms with van der Waals surface area (Å²) in [5, 5.41) is 6.53. The molecule has 2 atom stereocenters. The third-order valence-electron chi connectivity index (χ3n) is 5.98. The zero-order valence-electron chi connectivity index (χ0n) is 15.6. The van der Waals surface area contributed by atoms with Crippen LogP contribution in [0.4, 0.5) is 0 Å². The minimum Gasteiger partial charge on any atom is -0.347 e. The summed E-state index contributed by atoms with van der Waals surface area (Å²) in [7, 11) is 0. The molecule has 2 bridgehead atoms. The zero-order valence-corrected chi connectivity index (χ0v) is 15.6. The second-order valence-electron chi connectivity index (χ2n) is 8.03. The SMILES string of the molecule is Cc1cccc(C(=O)N[C@@]23CCC[C@@](NC(=O)c4ccccc4)(CC2)C3)n1. The number of hydrogen-bond acceptors (Lipinski definition) is 3. The van der Waals surface area contributed by atoms with Gasteiger partial charge in [-0.15, -0.1) is 0 Å². The van der Waals surface area contributed by atoms with Gasteiger partial charge in [-0.2, -0.15) is 0 Å². The highest BCUT2D eigenvalue weighted by Gasteiger charge is 2.52. The van der Waals surface area contributed by atoms with Gasteiger partial charge >= 0.3 is 0 Å². The maximum Gasteiger partial charge on any atom is 0.270 e. The van der Waals surface area contributed by atoms with Crippen LogP contribution >= 0.6 is 0 Å². The maximum absolute atomic E-state index is 12.7. The summed E-state index contributed by atoms with van der Waals surface area (Å²) >= 11 is 0. The molecule has 5 heteroatoms. The van der Waals surface area contributed by atoms with Gasteiger partial charge in [0.25, 0.3) is 11.8 Å². The summed E-state index contributed by atoms with van der Waals surface area (Å²) in [5.74, 6) is -0.147. The van der Waals surface area contributed by atoms with Crippen LogP contribution in [0, 0.1) is 6.92 Å². The summed E-state index contributed by atoms with van der Waals surface area (Å²) in [4.78, 5) is 29.7. The van der Waals surface area contributed by atoms with Crippen LogP contribution in [0.5, 0.6) is 0 Å². The quantitative estimate of drug-likeness (QED) is 0.875. The van der Waals surface area contributed by atoms with E-state index in [-0.39, 0.29) is 22.9 Å². The molecule has 1 aromatic heterocycles. The highest BCUT2D eigenvalue weighted by atomic mass is 16.2. The van der Waals surface area contributed by atoms with Crippen LogP contribution in [-0.4, -0.2) is 27.9 Å². The van der Waals surface area contributed by atoms with Crippen molar-refractivity contribution in [2.24, 2.45) is 0 Å². The van der Waals surface area contributed by atoms with Gasteiger partial charge in [0.1, 0.15) is 5.69 Å². The Morgan fingerprint density at radius 1 is 0.852 bits per heavy atom. The lowest BCUT2D eigenvalue weighted by molar-refractivity contribution is 0.0829. The average molecular weight is 363 g/mol. The molecule has 0 saturated heterocycles. The van der Waals surface area contributed by atoms with Crippen LogP contribution in [-0.2, 0) is 0 Å². The molecule has 1 heterocycles. The molecular weight excluding hydrogens is 338 g/mol. The number of amides is 2. The van der Waals surface area contributed by atoms with Gasteiger partial charge in [0.15, 0.2) is 0 Å². The molecule has 2 saturated carbocycles. The van der Waals surface area contributed by atoms with Gasteiger partial charge in [-0.25, -0.2) is 4.98 Å². The minimum absolute atomic E-state index is 0.0278. The Bertz CT molecular complexity index is 867. The van der Waals surface area contributed by atoms with Crippen molar-refractivity contribution in [1.82, 2.24) is 15.6 Å². The summed E-state index contributed by atoms with van der Waals surface area (Å²) in [6, 6.07) is 14.8. The first-order valence-electron chi connectivity index (χ1n) is 9.63. The summed E-state index contributed by atoms with van der Waals surface area (Å²) in [6.45, 7) is 1.88. The Kier molecular flexibility index (Phi) is 4.46. The zero-order chi connectivity index (χ0) is 18.9. The van der Waals surface area contributed by atoms with Crippen molar-refractivity contribution in [3.63, 3.8) is 0 Å². The number of nitrogens with one attached hydrogen (secondary N) is 2. The number of rotatable bonds is 4. The number of fused-ring (bicyclic) bond motifs is 2. The van der Waals surface area contributed by atoms with E-state index in [0.29, 0.717) is 11.3 Å². The lowest BCUT2D eigenvalue weighted by Crippen LogP contribution is -2.55. The Morgan fingerprint density at radius 2 is 1.52 bits per heavy atom. The van der Waals surface area contributed by atoms with E-state index in [4.69, 9.17) is 0 Å². The van der Waals surface area contributed by atoms with Crippen LogP contribution in [0.15, 0.2) is 48.5 Å². The molecule has 4 rings (SSSR count). The van der Waals surface area contributed by atoms with Crippen molar-refractivity contribution in [3.05, 3.63) is 65.5 Å². The fraction of sp³-hybridized carbons (Fsp3) is 0.409. The van der Waals surface area contributed by atoms with E-state index in [9.17, 15) is 9.59 Å². The van der Waals surface area contributed by atoms with Gasteiger partial charge in [0.05, 0.1) is 0 Å². The van der Waals surface area contributed by atoms with Crippen molar-refractivity contribution >= 4 is 11.8 Å². The highest BCUT2D eigenvalue weighted by Crippen LogP contribution is 2.48. The predicted octanol–water partition coefficient (Wildman–Crippen LogP) is 3.40. The van der Waals surface area contributed by atoms with E-state index in [1.165, 1.54) is 0 Å². The number of pyridine rings is 1. The summed E-state index contributed by atoms with van der Waals surface area (Å²) in [5.41, 5.74) is 1.51. The third-order valence-corrected chi connectivity index (χ3v) is 5.98. The molecule has 27 heavy (non-hydrogen) atoms. The van der Waals surface area contributed by atoms with Crippen LogP contribution in [0.3, 0.4) is 0 Å². The first-order valence-corrected chi connectivity index (χ1v) is 9.63. The van der Waals surface area contributed by atoms with Gasteiger partial charge < -0.3 is 10.6 Å². The number of hydrogen-bond donors (Lipinski definition) is 2. The second-order valence-corrected chi connectivity index (χ2v) is 8.03. The maximum atomic E-state index is 12.7. The summed E-state index contributed by atoms with van der Waals surface area (Å²) in [6.07, 6.45) is 5.48. The van der Waals surface area contributed by atoms with Gasteiger partial charge in [0.2, 0.25) is 0 Å². The second kappa shape index (κ2) is 6.80. The van der Waals surface area contributed by atoms with Crippen molar-refractivity contribution in [1.29, 1.82) is 0 Å². The minimum atomic E-state index is -0.245. The fourth-order valence-electron chi connectivity index (χ4n) is 4.71. The fourth-order valence-corrected chi connectivity index (χ4v) is 4.71. The number of aryl methyl sites for hydroxylation is 1. The lowest BCUT2D eigenvalue weighted by Gasteiger charge is -2.40. The Balaban J connectivity index is 1.48. The number of benzene rings is 1. The van der Waals surface area contributed by atoms with Crippen molar-refractivity contribution in [3.8, 4) is 0 Å². The topological polar surface area (TPSA) is 71.1 Å². The molecule has 0 unspecified atom stereocenters. The standard InChI is InChI=1S/C22H25N3O2/c1-16-7-5-10-18(23-16)20(27)25-22-12-6-11-21(15-22,13-14-22)24-19(26)17-8-3-2-4-9-17/h2-5,7-10H,6,11-15H2,1H3,(H,24,26)(H,25,27)/t21-,22+/m1/s1. The molecular formula is C22H25N3O2. The largest absolute Gasteiger partial charge is 0.347 e. The van der Waals surface area contributed by atoms with Crippen molar-refractivity contribution < 1.29 is 9.59 Å². The van der Waals surface area contributed by atoms with Crippen LogP contribution < -0.4 is 10.6 Å². The molecule has 2 N–H and O–H groups in total.